The Kier molecular flexibility index (Phi) is 3.11. The molecule has 0 spiro atoms. The van der Waals surface area contributed by atoms with Crippen LogP contribution in [0.1, 0.15) is 10.5 Å². The largest absolute Gasteiger partial charge is 0.476 e. The van der Waals surface area contributed by atoms with E-state index in [0.717, 1.165) is 5.69 Å². The predicted octanol–water partition coefficient (Wildman–Crippen LogP) is 2.93. The van der Waals surface area contributed by atoms with Gasteiger partial charge in [-0.1, -0.05) is 18.2 Å². The number of halogens is 1. The number of anilines is 2. The van der Waals surface area contributed by atoms with Gasteiger partial charge < -0.3 is 10.4 Å². The van der Waals surface area contributed by atoms with Gasteiger partial charge >= 0.3 is 5.97 Å². The van der Waals surface area contributed by atoms with E-state index in [2.05, 4.69) is 31.3 Å². The van der Waals surface area contributed by atoms with Crippen molar-refractivity contribution in [2.45, 2.75) is 0 Å². The molecule has 0 aliphatic heterocycles. The van der Waals surface area contributed by atoms with Crippen molar-refractivity contribution < 1.29 is 9.90 Å². The lowest BCUT2D eigenvalue weighted by Crippen LogP contribution is -2.00. The van der Waals surface area contributed by atoms with Gasteiger partial charge in [-0.05, 0) is 40.2 Å². The summed E-state index contributed by atoms with van der Waals surface area (Å²) in [7, 11) is 0. The van der Waals surface area contributed by atoms with E-state index >= 15 is 0 Å². The monoisotopic (exact) mass is 332 g/mol. The van der Waals surface area contributed by atoms with Crippen LogP contribution >= 0.6 is 15.9 Å². The van der Waals surface area contributed by atoms with Gasteiger partial charge in [0.25, 0.3) is 0 Å². The van der Waals surface area contributed by atoms with Crippen LogP contribution < -0.4 is 5.32 Å². The number of aromatic carboxylic acids is 1. The van der Waals surface area contributed by atoms with E-state index in [1.54, 1.807) is 12.1 Å². The highest BCUT2D eigenvalue weighted by Gasteiger charge is 2.17. The van der Waals surface area contributed by atoms with E-state index in [0.29, 0.717) is 16.1 Å². The number of carboxylic acid groups (broad SMARTS) is 1. The van der Waals surface area contributed by atoms with Gasteiger partial charge in [0, 0.05) is 5.69 Å². The molecule has 2 heterocycles. The summed E-state index contributed by atoms with van der Waals surface area (Å²) in [4.78, 5) is 15.0. The molecule has 3 aromatic rings. The highest BCUT2D eigenvalue weighted by atomic mass is 79.9. The fourth-order valence-electron chi connectivity index (χ4n) is 1.78. The van der Waals surface area contributed by atoms with Crippen LogP contribution in [-0.2, 0) is 0 Å². The Labute approximate surface area is 122 Å². The van der Waals surface area contributed by atoms with Gasteiger partial charge in [-0.2, -0.15) is 0 Å². The number of rotatable bonds is 3. The van der Waals surface area contributed by atoms with Gasteiger partial charge in [0.2, 0.25) is 0 Å². The summed E-state index contributed by atoms with van der Waals surface area (Å²) in [6.45, 7) is 0. The molecule has 2 aromatic heterocycles. The van der Waals surface area contributed by atoms with Crippen molar-refractivity contribution in [3.63, 3.8) is 0 Å². The third-order valence-electron chi connectivity index (χ3n) is 2.67. The minimum absolute atomic E-state index is 0.0608. The molecule has 20 heavy (non-hydrogen) atoms. The number of carboxylic acids is 1. The molecule has 0 amide bonds. The summed E-state index contributed by atoms with van der Waals surface area (Å²) in [5.74, 6) is -0.501. The number of hydrogen-bond acceptors (Lipinski definition) is 4. The molecule has 0 fully saturated rings. The molecule has 0 radical (unpaired) electrons. The number of nitrogens with zero attached hydrogens (tertiary/aromatic N) is 3. The van der Waals surface area contributed by atoms with E-state index in [4.69, 9.17) is 5.11 Å². The normalized spacial score (nSPS) is 10.7. The molecule has 0 atom stereocenters. The van der Waals surface area contributed by atoms with Crippen LogP contribution in [0.2, 0.25) is 0 Å². The van der Waals surface area contributed by atoms with E-state index < -0.39 is 5.97 Å². The molecule has 0 aliphatic carbocycles. The van der Waals surface area contributed by atoms with Gasteiger partial charge in [0.1, 0.15) is 4.60 Å². The van der Waals surface area contributed by atoms with Crippen LogP contribution in [0.15, 0.2) is 47.1 Å². The minimum atomic E-state index is -1.10. The number of imidazole rings is 1. The molecule has 7 heteroatoms. The molecular weight excluding hydrogens is 324 g/mol. The zero-order valence-corrected chi connectivity index (χ0v) is 11.7. The zero-order chi connectivity index (χ0) is 14.1. The lowest BCUT2D eigenvalue weighted by atomic mass is 10.3. The number of carbonyl (C=O) groups is 1. The Hall–Kier alpha value is -2.41. The average Bonchev–Trinajstić information content (AvgIpc) is 2.77. The van der Waals surface area contributed by atoms with Gasteiger partial charge in [0.05, 0.1) is 0 Å². The summed E-state index contributed by atoms with van der Waals surface area (Å²) in [6, 6.07) is 13.0. The predicted molar refractivity (Wildman–Crippen MR) is 77.4 cm³/mol. The maximum absolute atomic E-state index is 11.0. The van der Waals surface area contributed by atoms with Crippen molar-refractivity contribution in [2.75, 3.05) is 5.32 Å². The fraction of sp³-hybridized carbons (Fsp3) is 0. The SMILES string of the molecule is O=C(O)c1nc2ccc(Nc3ccccc3)nn2c1Br. The fourth-order valence-corrected chi connectivity index (χ4v) is 2.30. The van der Waals surface area contributed by atoms with Gasteiger partial charge in [-0.25, -0.2) is 14.3 Å². The molecule has 0 saturated heterocycles. The molecule has 2 N–H and O–H groups in total. The third kappa shape index (κ3) is 2.23. The van der Waals surface area contributed by atoms with Crippen molar-refractivity contribution in [3.05, 3.63) is 52.8 Å². The van der Waals surface area contributed by atoms with Crippen molar-refractivity contribution in [2.24, 2.45) is 0 Å². The maximum atomic E-state index is 11.0. The van der Waals surface area contributed by atoms with Crippen LogP contribution in [-0.4, -0.2) is 25.7 Å². The summed E-state index contributed by atoms with van der Waals surface area (Å²) >= 11 is 3.20. The molecule has 0 aliphatic rings. The smallest absolute Gasteiger partial charge is 0.357 e. The summed E-state index contributed by atoms with van der Waals surface area (Å²) in [6.07, 6.45) is 0. The zero-order valence-electron chi connectivity index (χ0n) is 10.1. The Morgan fingerprint density at radius 2 is 1.95 bits per heavy atom. The second-order valence-corrected chi connectivity index (χ2v) is 4.79. The van der Waals surface area contributed by atoms with E-state index in [1.165, 1.54) is 4.52 Å². The summed E-state index contributed by atoms with van der Waals surface area (Å²) in [5.41, 5.74) is 1.30. The molecule has 0 bridgehead atoms. The number of benzene rings is 1. The topological polar surface area (TPSA) is 79.5 Å². The highest BCUT2D eigenvalue weighted by Crippen LogP contribution is 2.20. The second kappa shape index (κ2) is 4.93. The van der Waals surface area contributed by atoms with Gasteiger partial charge in [-0.3, -0.25) is 0 Å². The summed E-state index contributed by atoms with van der Waals surface area (Å²) in [5, 5.41) is 16.5. The second-order valence-electron chi connectivity index (χ2n) is 4.04. The van der Waals surface area contributed by atoms with Crippen LogP contribution in [0.5, 0.6) is 0 Å². The quantitative estimate of drug-likeness (QED) is 0.770. The lowest BCUT2D eigenvalue weighted by molar-refractivity contribution is 0.0690. The average molecular weight is 333 g/mol. The van der Waals surface area contributed by atoms with E-state index in [9.17, 15) is 4.79 Å². The first-order valence-corrected chi connectivity index (χ1v) is 6.55. The molecule has 0 unspecified atom stereocenters. The summed E-state index contributed by atoms with van der Waals surface area (Å²) < 4.78 is 1.76. The van der Waals surface area contributed by atoms with Crippen molar-refractivity contribution in [1.29, 1.82) is 0 Å². The minimum Gasteiger partial charge on any atom is -0.476 e. The highest BCUT2D eigenvalue weighted by molar-refractivity contribution is 9.10. The molecular formula is C13H9BrN4O2. The molecule has 3 rings (SSSR count). The van der Waals surface area contributed by atoms with Crippen molar-refractivity contribution in [3.8, 4) is 0 Å². The van der Waals surface area contributed by atoms with Crippen LogP contribution in [0, 0.1) is 0 Å². The van der Waals surface area contributed by atoms with E-state index in [-0.39, 0.29) is 5.69 Å². The Balaban J connectivity index is 2.02. The molecule has 6 nitrogen and oxygen atoms in total. The van der Waals surface area contributed by atoms with Gasteiger partial charge in [0.15, 0.2) is 17.2 Å². The van der Waals surface area contributed by atoms with E-state index in [1.807, 2.05) is 30.3 Å². The Bertz CT molecular complexity index is 786. The van der Waals surface area contributed by atoms with Crippen LogP contribution in [0.25, 0.3) is 5.65 Å². The lowest BCUT2D eigenvalue weighted by Gasteiger charge is -2.05. The van der Waals surface area contributed by atoms with Crippen molar-refractivity contribution in [1.82, 2.24) is 14.6 Å². The van der Waals surface area contributed by atoms with Crippen LogP contribution in [0.3, 0.4) is 0 Å². The van der Waals surface area contributed by atoms with Gasteiger partial charge in [-0.15, -0.1) is 5.10 Å². The molecule has 1 aromatic carbocycles. The standard InChI is InChI=1S/C13H9BrN4O2/c14-12-11(13(19)20)16-10-7-6-9(17-18(10)12)15-8-4-2-1-3-5-8/h1-7H,(H,15,17)(H,19,20). The number of nitrogens with one attached hydrogen (secondary N) is 1. The third-order valence-corrected chi connectivity index (χ3v) is 3.38. The first kappa shape index (κ1) is 12.6. The Morgan fingerprint density at radius 1 is 1.20 bits per heavy atom. The Morgan fingerprint density at radius 3 is 2.65 bits per heavy atom. The number of para-hydroxylation sites is 1. The first-order chi connectivity index (χ1) is 9.65. The number of aromatic nitrogens is 3. The van der Waals surface area contributed by atoms with Crippen LogP contribution in [0.4, 0.5) is 11.5 Å². The number of hydrogen-bond donors (Lipinski definition) is 2. The van der Waals surface area contributed by atoms with Crippen molar-refractivity contribution >= 4 is 39.1 Å². The number of fused-ring (bicyclic) bond motifs is 1. The first-order valence-electron chi connectivity index (χ1n) is 5.76. The maximum Gasteiger partial charge on any atom is 0.357 e. The molecule has 100 valence electrons. The molecule has 0 saturated carbocycles.